The van der Waals surface area contributed by atoms with Gasteiger partial charge in [0.05, 0.1) is 0 Å². The Morgan fingerprint density at radius 1 is 1.62 bits per heavy atom. The summed E-state index contributed by atoms with van der Waals surface area (Å²) in [5.74, 6) is 3.61. The van der Waals surface area contributed by atoms with Crippen LogP contribution >= 0.6 is 11.8 Å². The first-order valence-corrected chi connectivity index (χ1v) is 6.01. The molecule has 0 saturated carbocycles. The average molecular weight is 196 g/mol. The second-order valence-electron chi connectivity index (χ2n) is 3.58. The predicted molar refractivity (Wildman–Crippen MR) is 57.9 cm³/mol. The van der Waals surface area contributed by atoms with Gasteiger partial charge in [0, 0.05) is 18.9 Å². The number of rotatable bonds is 4. The molecule has 2 N–H and O–H groups in total. The number of hydrogen-bond acceptors (Lipinski definition) is 2. The third-order valence-corrected chi connectivity index (χ3v) is 3.68. The quantitative estimate of drug-likeness (QED) is 0.769. The van der Waals surface area contributed by atoms with E-state index >= 15 is 0 Å². The van der Waals surface area contributed by atoms with Crippen LogP contribution in [0.15, 0.2) is 18.5 Å². The molecule has 13 heavy (non-hydrogen) atoms. The summed E-state index contributed by atoms with van der Waals surface area (Å²) < 4.78 is 0. The monoisotopic (exact) mass is 196 g/mol. The maximum atomic E-state index is 3.50. The minimum Gasteiger partial charge on any atom is -0.367 e. The molecule has 0 aliphatic carbocycles. The summed E-state index contributed by atoms with van der Waals surface area (Å²) in [5, 5.41) is 3.50. The van der Waals surface area contributed by atoms with Crippen LogP contribution in [0.4, 0.5) is 0 Å². The molecular weight excluding hydrogens is 180 g/mol. The molecule has 1 aromatic heterocycles. The molecular formula is C10H16N2S. The minimum absolute atomic E-state index is 0.906. The van der Waals surface area contributed by atoms with Gasteiger partial charge < -0.3 is 10.3 Å². The van der Waals surface area contributed by atoms with Crippen molar-refractivity contribution >= 4 is 11.8 Å². The zero-order chi connectivity index (χ0) is 8.93. The molecule has 2 rings (SSSR count). The third-order valence-electron chi connectivity index (χ3n) is 2.45. The lowest BCUT2D eigenvalue weighted by Crippen LogP contribution is -2.21. The third kappa shape index (κ3) is 2.78. The van der Waals surface area contributed by atoms with E-state index in [1.54, 1.807) is 0 Å². The second kappa shape index (κ2) is 4.72. The Morgan fingerprint density at radius 3 is 3.31 bits per heavy atom. The highest BCUT2D eigenvalue weighted by molar-refractivity contribution is 7.99. The number of aromatic amines is 1. The number of thioether (sulfide) groups is 1. The number of nitrogens with one attached hydrogen (secondary N) is 2. The van der Waals surface area contributed by atoms with E-state index in [1.165, 1.54) is 30.0 Å². The van der Waals surface area contributed by atoms with E-state index in [1.807, 2.05) is 6.20 Å². The molecule has 2 heterocycles. The Bertz CT molecular complexity index is 227. The summed E-state index contributed by atoms with van der Waals surface area (Å²) in [6, 6.07) is 2.12. The normalized spacial score (nSPS) is 22.3. The van der Waals surface area contributed by atoms with Crippen molar-refractivity contribution in [3.8, 4) is 0 Å². The van der Waals surface area contributed by atoms with Crippen LogP contribution in [0.25, 0.3) is 0 Å². The molecule has 0 radical (unpaired) electrons. The zero-order valence-corrected chi connectivity index (χ0v) is 8.57. The van der Waals surface area contributed by atoms with Crippen LogP contribution in [-0.2, 0) is 6.54 Å². The van der Waals surface area contributed by atoms with Crippen molar-refractivity contribution in [1.29, 1.82) is 0 Å². The molecule has 2 nitrogen and oxygen atoms in total. The van der Waals surface area contributed by atoms with E-state index in [-0.39, 0.29) is 0 Å². The molecule has 0 spiro atoms. The van der Waals surface area contributed by atoms with Crippen LogP contribution in [0, 0.1) is 5.92 Å². The van der Waals surface area contributed by atoms with Crippen LogP contribution < -0.4 is 5.32 Å². The molecule has 1 unspecified atom stereocenters. The van der Waals surface area contributed by atoms with E-state index in [0.717, 1.165) is 12.5 Å². The van der Waals surface area contributed by atoms with Gasteiger partial charge in [-0.1, -0.05) is 0 Å². The molecule has 1 atom stereocenters. The predicted octanol–water partition coefficient (Wildman–Crippen LogP) is 1.86. The highest BCUT2D eigenvalue weighted by Gasteiger charge is 2.14. The summed E-state index contributed by atoms with van der Waals surface area (Å²) in [4.78, 5) is 3.06. The lowest BCUT2D eigenvalue weighted by Gasteiger charge is -2.08. The Balaban J connectivity index is 1.63. The van der Waals surface area contributed by atoms with Gasteiger partial charge in [-0.25, -0.2) is 0 Å². The Morgan fingerprint density at radius 2 is 2.62 bits per heavy atom. The topological polar surface area (TPSA) is 27.8 Å². The van der Waals surface area contributed by atoms with Gasteiger partial charge in [0.2, 0.25) is 0 Å². The van der Waals surface area contributed by atoms with Crippen LogP contribution in [-0.4, -0.2) is 23.0 Å². The van der Waals surface area contributed by atoms with E-state index in [2.05, 4.69) is 34.3 Å². The fraction of sp³-hybridized carbons (Fsp3) is 0.600. The zero-order valence-electron chi connectivity index (χ0n) is 7.75. The number of hydrogen-bond donors (Lipinski definition) is 2. The van der Waals surface area contributed by atoms with E-state index in [9.17, 15) is 0 Å². The van der Waals surface area contributed by atoms with Crippen LogP contribution in [0.3, 0.4) is 0 Å². The van der Waals surface area contributed by atoms with Crippen molar-refractivity contribution in [3.05, 3.63) is 24.0 Å². The summed E-state index contributed by atoms with van der Waals surface area (Å²) in [6.07, 6.45) is 5.42. The second-order valence-corrected chi connectivity index (χ2v) is 4.73. The maximum absolute atomic E-state index is 3.50. The fourth-order valence-corrected chi connectivity index (χ4v) is 2.92. The standard InChI is InChI=1S/C10H16N2S/c1-3-11-5-9(1)6-12-7-10-2-4-13-8-10/h1,3,5,10-12H,2,4,6-8H2. The molecule has 72 valence electrons. The average Bonchev–Trinajstić information content (AvgIpc) is 2.75. The van der Waals surface area contributed by atoms with Crippen LogP contribution in [0.2, 0.25) is 0 Å². The maximum Gasteiger partial charge on any atom is 0.0220 e. The molecule has 0 bridgehead atoms. The molecule has 1 aliphatic heterocycles. The molecule has 1 fully saturated rings. The van der Waals surface area contributed by atoms with Gasteiger partial charge >= 0.3 is 0 Å². The van der Waals surface area contributed by atoms with E-state index < -0.39 is 0 Å². The minimum atomic E-state index is 0.906. The van der Waals surface area contributed by atoms with Crippen molar-refractivity contribution in [1.82, 2.24) is 10.3 Å². The van der Waals surface area contributed by atoms with Crippen LogP contribution in [0.5, 0.6) is 0 Å². The summed E-state index contributed by atoms with van der Waals surface area (Å²) in [5.41, 5.74) is 1.35. The highest BCUT2D eigenvalue weighted by Crippen LogP contribution is 2.22. The molecule has 1 saturated heterocycles. The van der Waals surface area contributed by atoms with Crippen molar-refractivity contribution in [2.45, 2.75) is 13.0 Å². The highest BCUT2D eigenvalue weighted by atomic mass is 32.2. The van der Waals surface area contributed by atoms with Gasteiger partial charge in [-0.05, 0) is 42.0 Å². The molecule has 1 aromatic rings. The first-order valence-electron chi connectivity index (χ1n) is 4.85. The van der Waals surface area contributed by atoms with Crippen LogP contribution in [0.1, 0.15) is 12.0 Å². The first kappa shape index (κ1) is 9.16. The first-order chi connectivity index (χ1) is 6.45. The number of aromatic nitrogens is 1. The van der Waals surface area contributed by atoms with Gasteiger partial charge in [-0.15, -0.1) is 0 Å². The number of H-pyrrole nitrogens is 1. The lowest BCUT2D eigenvalue weighted by atomic mass is 10.1. The van der Waals surface area contributed by atoms with Crippen molar-refractivity contribution in [2.24, 2.45) is 5.92 Å². The molecule has 1 aliphatic rings. The largest absolute Gasteiger partial charge is 0.367 e. The summed E-state index contributed by atoms with van der Waals surface area (Å²) >= 11 is 2.08. The molecule has 0 amide bonds. The Hall–Kier alpha value is -0.410. The van der Waals surface area contributed by atoms with Crippen molar-refractivity contribution in [2.75, 3.05) is 18.1 Å². The van der Waals surface area contributed by atoms with Crippen molar-refractivity contribution < 1.29 is 0 Å². The fourth-order valence-electron chi connectivity index (χ4n) is 1.63. The summed E-state index contributed by atoms with van der Waals surface area (Å²) in [6.45, 7) is 2.18. The SMILES string of the molecule is c1cc(CNCC2CCSC2)c[nH]1. The van der Waals surface area contributed by atoms with Gasteiger partial charge in [0.25, 0.3) is 0 Å². The molecule has 0 aromatic carbocycles. The van der Waals surface area contributed by atoms with Gasteiger partial charge in [0.1, 0.15) is 0 Å². The van der Waals surface area contributed by atoms with Gasteiger partial charge in [-0.2, -0.15) is 11.8 Å². The van der Waals surface area contributed by atoms with Crippen molar-refractivity contribution in [3.63, 3.8) is 0 Å². The molecule has 3 heteroatoms. The van der Waals surface area contributed by atoms with Gasteiger partial charge in [0.15, 0.2) is 0 Å². The van der Waals surface area contributed by atoms with Gasteiger partial charge in [-0.3, -0.25) is 0 Å². The van der Waals surface area contributed by atoms with E-state index in [0.29, 0.717) is 0 Å². The smallest absolute Gasteiger partial charge is 0.0220 e. The Labute approximate surface area is 83.5 Å². The van der Waals surface area contributed by atoms with E-state index in [4.69, 9.17) is 0 Å². The lowest BCUT2D eigenvalue weighted by molar-refractivity contribution is 0.523. The Kier molecular flexibility index (Phi) is 3.33. The summed E-state index contributed by atoms with van der Waals surface area (Å²) in [7, 11) is 0.